The number of carbonyl (C=O) groups is 1. The van der Waals surface area contributed by atoms with Gasteiger partial charge in [-0.3, -0.25) is 4.99 Å². The number of aliphatic imine (C=N–C) groups is 1. The zero-order chi connectivity index (χ0) is 22.1. The molecule has 0 aliphatic heterocycles. The van der Waals surface area contributed by atoms with E-state index < -0.39 is 5.60 Å². The zero-order valence-corrected chi connectivity index (χ0v) is 19.3. The van der Waals surface area contributed by atoms with Gasteiger partial charge in [0.2, 0.25) is 0 Å². The Bertz CT molecular complexity index is 657. The van der Waals surface area contributed by atoms with Crippen LogP contribution in [0.1, 0.15) is 52.7 Å². The van der Waals surface area contributed by atoms with E-state index in [4.69, 9.17) is 4.74 Å². The molecule has 29 heavy (non-hydrogen) atoms. The molecule has 1 rings (SSSR count). The minimum absolute atomic E-state index is 0.109. The van der Waals surface area contributed by atoms with Gasteiger partial charge >= 0.3 is 6.09 Å². The molecule has 0 atom stereocenters. The first kappa shape index (κ1) is 24.8. The Hall–Kier alpha value is -2.28. The number of ether oxygens (including phenoxy) is 1. The van der Waals surface area contributed by atoms with Crippen molar-refractivity contribution in [3.8, 4) is 0 Å². The molecule has 1 amide bonds. The maximum absolute atomic E-state index is 12.1. The first-order chi connectivity index (χ1) is 13.4. The highest BCUT2D eigenvalue weighted by molar-refractivity contribution is 5.79. The molecule has 164 valence electrons. The van der Waals surface area contributed by atoms with Crippen LogP contribution in [-0.4, -0.2) is 55.3 Å². The minimum Gasteiger partial charge on any atom is -0.444 e. The first-order valence-corrected chi connectivity index (χ1v) is 10.1. The van der Waals surface area contributed by atoms with E-state index in [0.717, 1.165) is 30.2 Å². The molecular weight excluding hydrogens is 366 g/mol. The van der Waals surface area contributed by atoms with Gasteiger partial charge in [-0.2, -0.15) is 0 Å². The summed E-state index contributed by atoms with van der Waals surface area (Å²) in [6, 6.07) is 8.17. The van der Waals surface area contributed by atoms with E-state index in [-0.39, 0.29) is 11.6 Å². The number of guanidine groups is 1. The summed E-state index contributed by atoms with van der Waals surface area (Å²) in [7, 11) is 3.51. The standard InChI is InChI=1S/C22H39N5O2/c1-21(2,3)26-14-13-24-19(23-7)25-15-17-9-11-18(12-10-17)16-27(8)20(28)29-22(4,5)6/h9-12,26H,13-16H2,1-8H3,(H2,23,24,25). The molecule has 3 N–H and O–H groups in total. The van der Waals surface area contributed by atoms with Crippen molar-refractivity contribution in [1.82, 2.24) is 20.9 Å². The normalized spacial score (nSPS) is 12.5. The molecule has 1 aromatic carbocycles. The molecule has 0 spiro atoms. The summed E-state index contributed by atoms with van der Waals surface area (Å²) in [5.41, 5.74) is 1.82. The number of benzene rings is 1. The Morgan fingerprint density at radius 2 is 1.59 bits per heavy atom. The van der Waals surface area contributed by atoms with Crippen LogP contribution in [0.3, 0.4) is 0 Å². The summed E-state index contributed by atoms with van der Waals surface area (Å²) < 4.78 is 5.38. The van der Waals surface area contributed by atoms with Crippen LogP contribution in [0.4, 0.5) is 4.79 Å². The summed E-state index contributed by atoms with van der Waals surface area (Å²) in [4.78, 5) is 17.9. The van der Waals surface area contributed by atoms with Gasteiger partial charge in [-0.25, -0.2) is 4.79 Å². The van der Waals surface area contributed by atoms with E-state index in [1.807, 2.05) is 32.9 Å². The monoisotopic (exact) mass is 405 g/mol. The summed E-state index contributed by atoms with van der Waals surface area (Å²) in [5, 5.41) is 10.0. The smallest absolute Gasteiger partial charge is 0.410 e. The van der Waals surface area contributed by atoms with Gasteiger partial charge in [0.15, 0.2) is 5.96 Å². The molecule has 1 aromatic rings. The van der Waals surface area contributed by atoms with Crippen molar-refractivity contribution in [1.29, 1.82) is 0 Å². The molecule has 0 saturated heterocycles. The van der Waals surface area contributed by atoms with Gasteiger partial charge < -0.3 is 25.6 Å². The fourth-order valence-corrected chi connectivity index (χ4v) is 2.47. The van der Waals surface area contributed by atoms with E-state index >= 15 is 0 Å². The van der Waals surface area contributed by atoms with Crippen LogP contribution < -0.4 is 16.0 Å². The lowest BCUT2D eigenvalue weighted by molar-refractivity contribution is 0.0285. The van der Waals surface area contributed by atoms with Crippen LogP contribution in [0.25, 0.3) is 0 Å². The van der Waals surface area contributed by atoms with Gasteiger partial charge in [0.25, 0.3) is 0 Å². The largest absolute Gasteiger partial charge is 0.444 e. The van der Waals surface area contributed by atoms with Crippen LogP contribution in [0.2, 0.25) is 0 Å². The van der Waals surface area contributed by atoms with E-state index in [0.29, 0.717) is 13.1 Å². The van der Waals surface area contributed by atoms with Crippen LogP contribution in [0.15, 0.2) is 29.3 Å². The molecule has 0 fully saturated rings. The topological polar surface area (TPSA) is 78.0 Å². The second kappa shape index (κ2) is 11.0. The van der Waals surface area contributed by atoms with Crippen molar-refractivity contribution in [3.05, 3.63) is 35.4 Å². The third-order valence-electron chi connectivity index (χ3n) is 3.90. The molecule has 0 unspecified atom stereocenters. The zero-order valence-electron chi connectivity index (χ0n) is 19.3. The fraction of sp³-hybridized carbons (Fsp3) is 0.636. The highest BCUT2D eigenvalue weighted by Crippen LogP contribution is 2.12. The van der Waals surface area contributed by atoms with Gasteiger partial charge in [0.1, 0.15) is 5.60 Å². The number of nitrogens with one attached hydrogen (secondary N) is 3. The van der Waals surface area contributed by atoms with E-state index in [2.05, 4.69) is 53.8 Å². The fourth-order valence-electron chi connectivity index (χ4n) is 2.47. The Morgan fingerprint density at radius 1 is 1.00 bits per heavy atom. The first-order valence-electron chi connectivity index (χ1n) is 10.1. The number of carbonyl (C=O) groups excluding carboxylic acids is 1. The number of amides is 1. The Balaban J connectivity index is 2.44. The molecule has 0 aliphatic carbocycles. The van der Waals surface area contributed by atoms with E-state index in [1.54, 1.807) is 19.0 Å². The summed E-state index contributed by atoms with van der Waals surface area (Å²) >= 11 is 0. The second-order valence-corrected chi connectivity index (χ2v) is 9.18. The maximum Gasteiger partial charge on any atom is 0.410 e. The second-order valence-electron chi connectivity index (χ2n) is 9.18. The van der Waals surface area contributed by atoms with Gasteiger partial charge in [0.05, 0.1) is 0 Å². The number of hydrogen-bond donors (Lipinski definition) is 3. The third-order valence-corrected chi connectivity index (χ3v) is 3.90. The molecule has 0 radical (unpaired) electrons. The predicted octanol–water partition coefficient (Wildman–Crippen LogP) is 3.11. The number of rotatable bonds is 7. The van der Waals surface area contributed by atoms with Crippen LogP contribution in [0, 0.1) is 0 Å². The van der Waals surface area contributed by atoms with Gasteiger partial charge in [-0.1, -0.05) is 24.3 Å². The minimum atomic E-state index is -0.490. The quantitative estimate of drug-likeness (QED) is 0.369. The molecule has 7 nitrogen and oxygen atoms in total. The van der Waals surface area contributed by atoms with Crippen LogP contribution in [-0.2, 0) is 17.8 Å². The van der Waals surface area contributed by atoms with Crippen molar-refractivity contribution < 1.29 is 9.53 Å². The molecule has 7 heteroatoms. The summed E-state index contributed by atoms with van der Waals surface area (Å²) in [5.74, 6) is 0.773. The van der Waals surface area contributed by atoms with E-state index in [9.17, 15) is 4.79 Å². The molecule has 0 heterocycles. The Morgan fingerprint density at radius 3 is 2.10 bits per heavy atom. The predicted molar refractivity (Wildman–Crippen MR) is 120 cm³/mol. The van der Waals surface area contributed by atoms with Crippen LogP contribution in [0.5, 0.6) is 0 Å². The van der Waals surface area contributed by atoms with Crippen molar-refractivity contribution in [2.45, 2.75) is 65.8 Å². The summed E-state index contributed by atoms with van der Waals surface area (Å²) in [6.07, 6.45) is -0.320. The number of nitrogens with zero attached hydrogens (tertiary/aromatic N) is 2. The molecular formula is C22H39N5O2. The van der Waals surface area contributed by atoms with Crippen molar-refractivity contribution in [2.24, 2.45) is 4.99 Å². The molecule has 0 saturated carbocycles. The lowest BCUT2D eigenvalue weighted by Crippen LogP contribution is -2.44. The van der Waals surface area contributed by atoms with Gasteiger partial charge in [-0.15, -0.1) is 0 Å². The average Bonchev–Trinajstić information content (AvgIpc) is 2.60. The third kappa shape index (κ3) is 11.3. The summed E-state index contributed by atoms with van der Waals surface area (Å²) in [6.45, 7) is 14.9. The van der Waals surface area contributed by atoms with Crippen molar-refractivity contribution in [2.75, 3.05) is 27.2 Å². The molecule has 0 aromatic heterocycles. The van der Waals surface area contributed by atoms with Crippen molar-refractivity contribution in [3.63, 3.8) is 0 Å². The number of hydrogen-bond acceptors (Lipinski definition) is 4. The maximum atomic E-state index is 12.1. The lowest BCUT2D eigenvalue weighted by atomic mass is 10.1. The van der Waals surface area contributed by atoms with Crippen molar-refractivity contribution >= 4 is 12.1 Å². The highest BCUT2D eigenvalue weighted by atomic mass is 16.6. The molecule has 0 bridgehead atoms. The van der Waals surface area contributed by atoms with E-state index in [1.165, 1.54) is 0 Å². The SMILES string of the molecule is CN=C(NCCNC(C)(C)C)NCc1ccc(CN(C)C(=O)OC(C)(C)C)cc1. The Kier molecular flexibility index (Phi) is 9.43. The lowest BCUT2D eigenvalue weighted by Gasteiger charge is -2.24. The van der Waals surface area contributed by atoms with Gasteiger partial charge in [0, 0.05) is 45.8 Å². The average molecular weight is 406 g/mol. The van der Waals surface area contributed by atoms with Crippen LogP contribution >= 0.6 is 0 Å². The highest BCUT2D eigenvalue weighted by Gasteiger charge is 2.19. The Labute approximate surface area is 176 Å². The molecule has 0 aliphatic rings. The van der Waals surface area contributed by atoms with Gasteiger partial charge in [-0.05, 0) is 52.7 Å².